The molecule has 12 nitrogen and oxygen atoms in total. The van der Waals surface area contributed by atoms with Crippen LogP contribution in [0.25, 0.3) is 0 Å². The number of non-ortho nitro benzene ring substituents is 1. The Kier molecular flexibility index (Phi) is 10.3. The van der Waals surface area contributed by atoms with Crippen molar-refractivity contribution in [3.63, 3.8) is 0 Å². The minimum absolute atomic E-state index is 0.0344. The van der Waals surface area contributed by atoms with Gasteiger partial charge in [-0.25, -0.2) is 8.98 Å². The summed E-state index contributed by atoms with van der Waals surface area (Å²) in [6.45, 7) is 2.14. The van der Waals surface area contributed by atoms with Crippen molar-refractivity contribution in [3.05, 3.63) is 64.2 Å². The van der Waals surface area contributed by atoms with Gasteiger partial charge in [0.15, 0.2) is 6.79 Å². The fourth-order valence-corrected chi connectivity index (χ4v) is 3.66. The molecule has 2 aromatic rings. The molecule has 0 aliphatic carbocycles. The zero-order valence-corrected chi connectivity index (χ0v) is 19.3. The Morgan fingerprint density at radius 2 is 1.74 bits per heavy atom. The molecule has 0 saturated heterocycles. The van der Waals surface area contributed by atoms with Gasteiger partial charge in [-0.05, 0) is 36.8 Å². The first-order chi connectivity index (χ1) is 16.2. The number of ether oxygens (including phenoxy) is 4. The van der Waals surface area contributed by atoms with Crippen LogP contribution < -0.4 is 4.74 Å². The Hall–Kier alpha value is -3.10. The van der Waals surface area contributed by atoms with Crippen molar-refractivity contribution < 1.29 is 46.4 Å². The maximum Gasteiger partial charge on any atom is 0.339 e. The highest BCUT2D eigenvalue weighted by molar-refractivity contribution is 7.86. The van der Waals surface area contributed by atoms with Crippen molar-refractivity contribution in [3.8, 4) is 5.75 Å². The Morgan fingerprint density at radius 3 is 2.29 bits per heavy atom. The molecule has 0 radical (unpaired) electrons. The Bertz CT molecular complexity index is 1040. The summed E-state index contributed by atoms with van der Waals surface area (Å²) in [4.78, 5) is 22.0. The summed E-state index contributed by atoms with van der Waals surface area (Å²) in [6, 6.07) is 9.70. The third-order valence-electron chi connectivity index (χ3n) is 4.33. The number of hydrogen-bond donors (Lipinski definition) is 1. The molecule has 0 amide bonds. The SMILES string of the molecule is CCOC(=O)[C@@H](OS(=O)(=O)c1ccc([N+](=O)[O-])cc1)[C@H](O)c1ccc(OCOCCOC)cc1. The van der Waals surface area contributed by atoms with Gasteiger partial charge in [-0.1, -0.05) is 12.1 Å². The third-order valence-corrected chi connectivity index (χ3v) is 5.64. The van der Waals surface area contributed by atoms with Crippen LogP contribution in [0.2, 0.25) is 0 Å². The molecule has 186 valence electrons. The number of nitrogens with zero attached hydrogens (tertiary/aromatic N) is 1. The summed E-state index contributed by atoms with van der Waals surface area (Å²) in [5, 5.41) is 21.5. The first-order valence-electron chi connectivity index (χ1n) is 10.0. The van der Waals surface area contributed by atoms with E-state index in [9.17, 15) is 28.4 Å². The number of nitro groups is 1. The summed E-state index contributed by atoms with van der Waals surface area (Å²) in [5.74, 6) is -0.701. The molecule has 0 saturated carbocycles. The van der Waals surface area contributed by atoms with Crippen LogP contribution in [-0.2, 0) is 33.3 Å². The minimum Gasteiger partial charge on any atom is -0.468 e. The van der Waals surface area contributed by atoms with Crippen LogP contribution in [-0.4, -0.2) is 64.2 Å². The number of methoxy groups -OCH3 is 1. The number of aliphatic hydroxyl groups is 1. The molecule has 0 bridgehead atoms. The zero-order chi connectivity index (χ0) is 25.1. The number of carbonyl (C=O) groups excluding carboxylic acids is 1. The number of rotatable bonds is 14. The van der Waals surface area contributed by atoms with Crippen LogP contribution in [0, 0.1) is 10.1 Å². The van der Waals surface area contributed by atoms with E-state index in [0.29, 0.717) is 19.0 Å². The summed E-state index contributed by atoms with van der Waals surface area (Å²) in [7, 11) is -3.04. The second-order valence-electron chi connectivity index (χ2n) is 6.65. The Labute approximate surface area is 196 Å². The predicted octanol–water partition coefficient (Wildman–Crippen LogP) is 1.96. The van der Waals surface area contributed by atoms with Crippen LogP contribution in [0.4, 0.5) is 5.69 Å². The van der Waals surface area contributed by atoms with E-state index in [-0.39, 0.29) is 24.7 Å². The molecule has 0 aliphatic heterocycles. The summed E-state index contributed by atoms with van der Waals surface area (Å²) in [5.41, 5.74) is -0.170. The van der Waals surface area contributed by atoms with E-state index in [1.54, 1.807) is 7.11 Å². The van der Waals surface area contributed by atoms with Gasteiger partial charge in [-0.3, -0.25) is 10.1 Å². The van der Waals surface area contributed by atoms with E-state index in [2.05, 4.69) is 0 Å². The maximum absolute atomic E-state index is 12.7. The van der Waals surface area contributed by atoms with Crippen molar-refractivity contribution in [1.29, 1.82) is 0 Å². The second kappa shape index (κ2) is 13.0. The van der Waals surface area contributed by atoms with Crippen molar-refractivity contribution in [2.24, 2.45) is 0 Å². The summed E-state index contributed by atoms with van der Waals surface area (Å²) >= 11 is 0. The van der Waals surface area contributed by atoms with Gasteiger partial charge in [-0.15, -0.1) is 0 Å². The van der Waals surface area contributed by atoms with Crippen molar-refractivity contribution in [1.82, 2.24) is 0 Å². The molecule has 0 unspecified atom stereocenters. The molecule has 13 heteroatoms. The first-order valence-corrected chi connectivity index (χ1v) is 11.4. The van der Waals surface area contributed by atoms with Gasteiger partial charge in [0.1, 0.15) is 11.9 Å². The van der Waals surface area contributed by atoms with Gasteiger partial charge in [0.2, 0.25) is 6.10 Å². The Morgan fingerprint density at radius 1 is 1.09 bits per heavy atom. The molecule has 0 heterocycles. The van der Waals surface area contributed by atoms with E-state index in [1.807, 2.05) is 0 Å². The average molecular weight is 499 g/mol. The van der Waals surface area contributed by atoms with Gasteiger partial charge in [-0.2, -0.15) is 8.42 Å². The number of esters is 1. The molecule has 0 aromatic heterocycles. The maximum atomic E-state index is 12.7. The standard InChI is InChI=1S/C21H25NO11S/c1-3-31-21(24)20(33-34(27,28)18-10-6-16(7-11-18)22(25)26)19(23)15-4-8-17(9-5-15)32-14-30-13-12-29-2/h4-11,19-20,23H,3,12-14H2,1-2H3/t19-,20+/m1/s1. The molecule has 0 spiro atoms. The van der Waals surface area contributed by atoms with E-state index in [0.717, 1.165) is 24.3 Å². The molecular weight excluding hydrogens is 474 g/mol. The number of aliphatic hydroxyl groups excluding tert-OH is 1. The number of benzene rings is 2. The zero-order valence-electron chi connectivity index (χ0n) is 18.5. The predicted molar refractivity (Wildman–Crippen MR) is 117 cm³/mol. The second-order valence-corrected chi connectivity index (χ2v) is 8.22. The van der Waals surface area contributed by atoms with Crippen LogP contribution >= 0.6 is 0 Å². The smallest absolute Gasteiger partial charge is 0.339 e. The first kappa shape index (κ1) is 27.1. The minimum atomic E-state index is -4.58. The van der Waals surface area contributed by atoms with E-state index in [1.165, 1.54) is 31.2 Å². The third kappa shape index (κ3) is 7.74. The van der Waals surface area contributed by atoms with Crippen LogP contribution in [0.5, 0.6) is 5.75 Å². The molecule has 2 aromatic carbocycles. The lowest BCUT2D eigenvalue weighted by atomic mass is 10.0. The van der Waals surface area contributed by atoms with Gasteiger partial charge in [0.05, 0.1) is 29.6 Å². The molecule has 2 rings (SSSR count). The van der Waals surface area contributed by atoms with Gasteiger partial charge in [0.25, 0.3) is 15.8 Å². The molecule has 2 atom stereocenters. The van der Waals surface area contributed by atoms with Crippen LogP contribution in [0.3, 0.4) is 0 Å². The monoisotopic (exact) mass is 499 g/mol. The summed E-state index contributed by atoms with van der Waals surface area (Å²) in [6.07, 6.45) is -3.64. The van der Waals surface area contributed by atoms with Gasteiger partial charge in [0, 0.05) is 19.2 Å². The lowest BCUT2D eigenvalue weighted by Gasteiger charge is -2.22. The van der Waals surface area contributed by atoms with Crippen molar-refractivity contribution in [2.45, 2.75) is 24.0 Å². The van der Waals surface area contributed by atoms with Crippen LogP contribution in [0.15, 0.2) is 53.4 Å². The molecule has 1 N–H and O–H groups in total. The Balaban J connectivity index is 2.17. The van der Waals surface area contributed by atoms with Crippen molar-refractivity contribution >= 4 is 21.8 Å². The highest BCUT2D eigenvalue weighted by atomic mass is 32.2. The largest absolute Gasteiger partial charge is 0.468 e. The molecule has 34 heavy (non-hydrogen) atoms. The fraction of sp³-hybridized carbons (Fsp3) is 0.381. The molecular formula is C21H25NO11S. The number of carbonyl (C=O) groups is 1. The molecule has 0 fully saturated rings. The van der Waals surface area contributed by atoms with E-state index >= 15 is 0 Å². The van der Waals surface area contributed by atoms with Gasteiger partial charge < -0.3 is 24.1 Å². The van der Waals surface area contributed by atoms with Crippen LogP contribution in [0.1, 0.15) is 18.6 Å². The lowest BCUT2D eigenvalue weighted by molar-refractivity contribution is -0.384. The highest BCUT2D eigenvalue weighted by Gasteiger charge is 2.36. The van der Waals surface area contributed by atoms with Gasteiger partial charge >= 0.3 is 5.97 Å². The summed E-state index contributed by atoms with van der Waals surface area (Å²) < 4.78 is 50.6. The lowest BCUT2D eigenvalue weighted by Crippen LogP contribution is -2.35. The number of nitro benzene ring substituents is 1. The normalized spacial score (nSPS) is 13.1. The van der Waals surface area contributed by atoms with E-state index in [4.69, 9.17) is 23.1 Å². The quantitative estimate of drug-likeness (QED) is 0.101. The highest BCUT2D eigenvalue weighted by Crippen LogP contribution is 2.27. The number of hydrogen-bond acceptors (Lipinski definition) is 11. The van der Waals surface area contributed by atoms with Crippen molar-refractivity contribution in [2.75, 3.05) is 33.7 Å². The molecule has 0 aliphatic rings. The fourth-order valence-electron chi connectivity index (χ4n) is 2.62. The topological polar surface area (TPSA) is 161 Å². The van der Waals surface area contributed by atoms with E-state index < -0.39 is 38.1 Å². The average Bonchev–Trinajstić information content (AvgIpc) is 2.82.